The molecule has 0 saturated heterocycles. The van der Waals surface area contributed by atoms with Gasteiger partial charge in [-0.1, -0.05) is 6.92 Å². The highest BCUT2D eigenvalue weighted by atomic mass is 32.1. The molecule has 106 valence electrons. The van der Waals surface area contributed by atoms with E-state index in [-0.39, 0.29) is 12.0 Å². The summed E-state index contributed by atoms with van der Waals surface area (Å²) in [6.45, 7) is 4.70. The molecule has 2 atom stereocenters. The number of carbonyl (C=O) groups is 1. The summed E-state index contributed by atoms with van der Waals surface area (Å²) in [6, 6.07) is 2.19. The van der Waals surface area contributed by atoms with Crippen LogP contribution in [0.3, 0.4) is 0 Å². The van der Waals surface area contributed by atoms with Gasteiger partial charge in [-0.25, -0.2) is 0 Å². The molecule has 0 fully saturated rings. The minimum atomic E-state index is -0.685. The Morgan fingerprint density at radius 2 is 2.37 bits per heavy atom. The van der Waals surface area contributed by atoms with Crippen LogP contribution in [0.5, 0.6) is 0 Å². The number of carboxylic acids is 1. The highest BCUT2D eigenvalue weighted by Gasteiger charge is 2.25. The molecule has 1 N–H and O–H groups in total. The first kappa shape index (κ1) is 14.5. The summed E-state index contributed by atoms with van der Waals surface area (Å²) in [7, 11) is 0. The van der Waals surface area contributed by atoms with Crippen LogP contribution >= 0.6 is 11.3 Å². The molecule has 2 unspecified atom stereocenters. The van der Waals surface area contributed by atoms with Gasteiger partial charge in [0.1, 0.15) is 0 Å². The van der Waals surface area contributed by atoms with Gasteiger partial charge in [0, 0.05) is 16.4 Å². The van der Waals surface area contributed by atoms with E-state index in [0.717, 1.165) is 19.4 Å². The predicted octanol–water partition coefficient (Wildman–Crippen LogP) is 3.82. The van der Waals surface area contributed by atoms with Gasteiger partial charge < -0.3 is 9.84 Å². The number of thiophene rings is 1. The number of hydrogen-bond acceptors (Lipinski definition) is 3. The molecule has 19 heavy (non-hydrogen) atoms. The summed E-state index contributed by atoms with van der Waals surface area (Å²) in [6.07, 6.45) is 4.95. The number of fused-ring (bicyclic) bond motifs is 1. The average molecular weight is 282 g/mol. The van der Waals surface area contributed by atoms with Gasteiger partial charge in [-0.3, -0.25) is 4.79 Å². The van der Waals surface area contributed by atoms with Gasteiger partial charge in [-0.05, 0) is 50.7 Å². The van der Waals surface area contributed by atoms with E-state index < -0.39 is 5.97 Å². The molecule has 0 spiro atoms. The molecule has 4 heteroatoms. The van der Waals surface area contributed by atoms with Crippen LogP contribution in [-0.2, 0) is 22.4 Å². The van der Waals surface area contributed by atoms with Crippen molar-refractivity contribution in [1.29, 1.82) is 0 Å². The number of aliphatic carboxylic acids is 1. The zero-order valence-corrected chi connectivity index (χ0v) is 12.5. The van der Waals surface area contributed by atoms with E-state index in [1.165, 1.54) is 21.7 Å². The lowest BCUT2D eigenvalue weighted by atomic mass is 9.95. The Morgan fingerprint density at radius 3 is 3.00 bits per heavy atom. The third-order valence-corrected chi connectivity index (χ3v) is 5.00. The SMILES string of the molecule is CCOC1CCCc2sc(CC(CC)C(=O)O)cc21. The van der Waals surface area contributed by atoms with Crippen molar-refractivity contribution in [1.82, 2.24) is 0 Å². The van der Waals surface area contributed by atoms with Crippen molar-refractivity contribution in [2.24, 2.45) is 5.92 Å². The fraction of sp³-hybridized carbons (Fsp3) is 0.667. The minimum Gasteiger partial charge on any atom is -0.481 e. The maximum absolute atomic E-state index is 11.1. The Hall–Kier alpha value is -0.870. The number of rotatable bonds is 6. The Labute approximate surface area is 118 Å². The zero-order chi connectivity index (χ0) is 13.8. The van der Waals surface area contributed by atoms with Crippen molar-refractivity contribution in [3.8, 4) is 0 Å². The van der Waals surface area contributed by atoms with Crippen molar-refractivity contribution in [2.45, 2.75) is 52.1 Å². The Bertz CT molecular complexity index is 439. The summed E-state index contributed by atoms with van der Waals surface area (Å²) in [5.74, 6) is -0.944. The molecule has 0 saturated carbocycles. The quantitative estimate of drug-likeness (QED) is 0.863. The van der Waals surface area contributed by atoms with Gasteiger partial charge in [0.15, 0.2) is 0 Å². The van der Waals surface area contributed by atoms with E-state index in [2.05, 4.69) is 6.07 Å². The molecule has 1 aromatic heterocycles. The molecule has 0 aliphatic heterocycles. The second-order valence-corrected chi connectivity index (χ2v) is 6.30. The normalized spacial score (nSPS) is 20.0. The number of carboxylic acid groups (broad SMARTS) is 1. The fourth-order valence-corrected chi connectivity index (χ4v) is 4.04. The standard InChI is InChI=1S/C15H22O3S/c1-3-10(15(16)17)8-11-9-12-13(18-4-2)6-5-7-14(12)19-11/h9-10,13H,3-8H2,1-2H3,(H,16,17). The van der Waals surface area contributed by atoms with Gasteiger partial charge in [0.25, 0.3) is 0 Å². The predicted molar refractivity (Wildman–Crippen MR) is 76.7 cm³/mol. The average Bonchev–Trinajstić information content (AvgIpc) is 2.79. The van der Waals surface area contributed by atoms with Crippen LogP contribution < -0.4 is 0 Å². The highest BCUT2D eigenvalue weighted by Crippen LogP contribution is 2.38. The van der Waals surface area contributed by atoms with E-state index >= 15 is 0 Å². The van der Waals surface area contributed by atoms with E-state index in [1.54, 1.807) is 11.3 Å². The highest BCUT2D eigenvalue weighted by molar-refractivity contribution is 7.12. The third-order valence-electron chi connectivity index (χ3n) is 3.77. The minimum absolute atomic E-state index is 0.226. The van der Waals surface area contributed by atoms with Crippen molar-refractivity contribution in [3.63, 3.8) is 0 Å². The van der Waals surface area contributed by atoms with Crippen LogP contribution in [0.25, 0.3) is 0 Å². The summed E-state index contributed by atoms with van der Waals surface area (Å²) in [4.78, 5) is 13.7. The number of ether oxygens (including phenoxy) is 1. The largest absolute Gasteiger partial charge is 0.481 e. The summed E-state index contributed by atoms with van der Waals surface area (Å²) in [5.41, 5.74) is 1.31. The number of hydrogen-bond donors (Lipinski definition) is 1. The molecule has 2 rings (SSSR count). The first-order valence-electron chi connectivity index (χ1n) is 7.11. The summed E-state index contributed by atoms with van der Waals surface area (Å²) in [5, 5.41) is 9.15. The van der Waals surface area contributed by atoms with Crippen molar-refractivity contribution < 1.29 is 14.6 Å². The molecule has 0 bridgehead atoms. The molecule has 3 nitrogen and oxygen atoms in total. The topological polar surface area (TPSA) is 46.5 Å². The van der Waals surface area contributed by atoms with Crippen LogP contribution in [0.1, 0.15) is 54.5 Å². The zero-order valence-electron chi connectivity index (χ0n) is 11.6. The van der Waals surface area contributed by atoms with E-state index in [0.29, 0.717) is 12.8 Å². The lowest BCUT2D eigenvalue weighted by Gasteiger charge is -2.22. The van der Waals surface area contributed by atoms with Crippen molar-refractivity contribution in [2.75, 3.05) is 6.61 Å². The lowest BCUT2D eigenvalue weighted by molar-refractivity contribution is -0.141. The Balaban J connectivity index is 2.14. The third kappa shape index (κ3) is 3.37. The van der Waals surface area contributed by atoms with Gasteiger partial charge in [-0.2, -0.15) is 0 Å². The fourth-order valence-electron chi connectivity index (χ4n) is 2.70. The summed E-state index contributed by atoms with van der Waals surface area (Å²) >= 11 is 1.78. The maximum atomic E-state index is 11.1. The lowest BCUT2D eigenvalue weighted by Crippen LogP contribution is -2.14. The molecule has 1 aliphatic rings. The first-order chi connectivity index (χ1) is 9.15. The van der Waals surface area contributed by atoms with Crippen LogP contribution in [0.4, 0.5) is 0 Å². The van der Waals surface area contributed by atoms with Crippen LogP contribution in [0.2, 0.25) is 0 Å². The van der Waals surface area contributed by atoms with Gasteiger partial charge in [-0.15, -0.1) is 11.3 Å². The Kier molecular flexibility index (Phi) is 4.99. The van der Waals surface area contributed by atoms with Crippen molar-refractivity contribution >= 4 is 17.3 Å². The van der Waals surface area contributed by atoms with Crippen LogP contribution in [0, 0.1) is 5.92 Å². The molecule has 0 amide bonds. The maximum Gasteiger partial charge on any atom is 0.306 e. The molecule has 1 heterocycles. The molecule has 1 aromatic rings. The second-order valence-electron chi connectivity index (χ2n) is 5.07. The second kappa shape index (κ2) is 6.53. The summed E-state index contributed by atoms with van der Waals surface area (Å²) < 4.78 is 5.79. The van der Waals surface area contributed by atoms with Gasteiger partial charge >= 0.3 is 5.97 Å². The molecular formula is C15H22O3S. The molecular weight excluding hydrogens is 260 g/mol. The number of aryl methyl sites for hydroxylation is 1. The van der Waals surface area contributed by atoms with Crippen molar-refractivity contribution in [3.05, 3.63) is 21.4 Å². The van der Waals surface area contributed by atoms with E-state index in [1.807, 2.05) is 13.8 Å². The Morgan fingerprint density at radius 1 is 1.58 bits per heavy atom. The van der Waals surface area contributed by atoms with Crippen LogP contribution in [-0.4, -0.2) is 17.7 Å². The van der Waals surface area contributed by atoms with E-state index in [9.17, 15) is 4.79 Å². The van der Waals surface area contributed by atoms with Crippen LogP contribution in [0.15, 0.2) is 6.07 Å². The monoisotopic (exact) mass is 282 g/mol. The molecule has 1 aliphatic carbocycles. The van der Waals surface area contributed by atoms with Gasteiger partial charge in [0.05, 0.1) is 12.0 Å². The van der Waals surface area contributed by atoms with Gasteiger partial charge in [0.2, 0.25) is 0 Å². The first-order valence-corrected chi connectivity index (χ1v) is 7.93. The smallest absolute Gasteiger partial charge is 0.306 e. The molecule has 0 radical (unpaired) electrons. The van der Waals surface area contributed by atoms with E-state index in [4.69, 9.17) is 9.84 Å². The molecule has 0 aromatic carbocycles.